The van der Waals surface area contributed by atoms with Gasteiger partial charge < -0.3 is 4.74 Å². The number of hydrogen-bond donors (Lipinski definition) is 0. The summed E-state index contributed by atoms with van der Waals surface area (Å²) in [5, 5.41) is 0.183. The Morgan fingerprint density at radius 1 is 0.966 bits per heavy atom. The summed E-state index contributed by atoms with van der Waals surface area (Å²) in [7, 11) is 0. The first-order valence-corrected chi connectivity index (χ1v) is 10.8. The first-order valence-electron chi connectivity index (χ1n) is 9.87. The summed E-state index contributed by atoms with van der Waals surface area (Å²) in [5.41, 5.74) is 2.80. The lowest BCUT2D eigenvalue weighted by atomic mass is 10.1. The molecule has 5 heteroatoms. The number of ether oxygens (including phenoxy) is 1. The first kappa shape index (κ1) is 21.2. The van der Waals surface area contributed by atoms with Gasteiger partial charge in [-0.1, -0.05) is 52.0 Å². The van der Waals surface area contributed by atoms with Crippen LogP contribution in [0.5, 0.6) is 5.75 Å². The van der Waals surface area contributed by atoms with Crippen LogP contribution in [0.25, 0.3) is 5.57 Å². The van der Waals surface area contributed by atoms with Crippen molar-refractivity contribution in [1.29, 1.82) is 0 Å². The van der Waals surface area contributed by atoms with Crippen LogP contribution in [0.2, 0.25) is 0 Å². The average Bonchev–Trinajstić information content (AvgIpc) is 2.90. The van der Waals surface area contributed by atoms with Crippen molar-refractivity contribution >= 4 is 34.8 Å². The molecule has 0 spiro atoms. The van der Waals surface area contributed by atoms with Crippen molar-refractivity contribution in [3.63, 3.8) is 0 Å². The van der Waals surface area contributed by atoms with Crippen molar-refractivity contribution in [3.8, 4) is 5.75 Å². The Kier molecular flexibility index (Phi) is 6.48. The highest BCUT2D eigenvalue weighted by atomic mass is 32.2. The van der Waals surface area contributed by atoms with Gasteiger partial charge >= 0.3 is 0 Å². The van der Waals surface area contributed by atoms with Crippen molar-refractivity contribution in [1.82, 2.24) is 0 Å². The molecule has 2 amide bonds. The predicted molar refractivity (Wildman–Crippen MR) is 120 cm³/mol. The normalized spacial score (nSPS) is 14.5. The van der Waals surface area contributed by atoms with Crippen molar-refractivity contribution in [2.24, 2.45) is 5.92 Å². The molecule has 3 rings (SSSR count). The molecule has 0 saturated carbocycles. The maximum atomic E-state index is 13.3. The fourth-order valence-corrected chi connectivity index (χ4v) is 4.08. The molecule has 0 aliphatic carbocycles. The minimum atomic E-state index is -0.278. The van der Waals surface area contributed by atoms with E-state index >= 15 is 0 Å². The Labute approximate surface area is 176 Å². The van der Waals surface area contributed by atoms with Gasteiger partial charge in [0.2, 0.25) is 0 Å². The van der Waals surface area contributed by atoms with E-state index in [1.165, 1.54) is 16.7 Å². The second-order valence-corrected chi connectivity index (χ2v) is 9.47. The van der Waals surface area contributed by atoms with Gasteiger partial charge in [0.1, 0.15) is 5.75 Å². The Hall–Kier alpha value is -2.53. The molecule has 0 aromatic heterocycles. The fraction of sp³-hybridized carbons (Fsp3) is 0.333. The molecule has 0 unspecified atom stereocenters. The zero-order valence-corrected chi connectivity index (χ0v) is 18.4. The van der Waals surface area contributed by atoms with E-state index in [0.29, 0.717) is 28.7 Å². The van der Waals surface area contributed by atoms with Gasteiger partial charge in [-0.25, -0.2) is 4.90 Å². The summed E-state index contributed by atoms with van der Waals surface area (Å²) in [4.78, 5) is 28.3. The topological polar surface area (TPSA) is 46.6 Å². The highest BCUT2D eigenvalue weighted by molar-refractivity contribution is 8.04. The monoisotopic (exact) mass is 409 g/mol. The number of hydrogen-bond acceptors (Lipinski definition) is 4. The largest absolute Gasteiger partial charge is 0.493 e. The molecule has 1 aliphatic rings. The smallest absolute Gasteiger partial charge is 0.272 e. The fourth-order valence-electron chi connectivity index (χ4n) is 3.09. The third-order valence-electron chi connectivity index (χ3n) is 4.38. The molecule has 0 atom stereocenters. The van der Waals surface area contributed by atoms with Gasteiger partial charge in [0, 0.05) is 5.25 Å². The van der Waals surface area contributed by atoms with Crippen LogP contribution in [0.4, 0.5) is 5.69 Å². The molecular weight excluding hydrogens is 382 g/mol. The van der Waals surface area contributed by atoms with Crippen molar-refractivity contribution < 1.29 is 14.3 Å². The number of nitrogens with zero attached hydrogens (tertiary/aromatic N) is 1. The molecule has 0 bridgehead atoms. The molecule has 1 aliphatic heterocycles. The zero-order valence-electron chi connectivity index (χ0n) is 17.6. The highest BCUT2D eigenvalue weighted by Gasteiger charge is 2.40. The van der Waals surface area contributed by atoms with Gasteiger partial charge in [0.05, 0.1) is 22.8 Å². The minimum absolute atomic E-state index is 0.183. The van der Waals surface area contributed by atoms with Gasteiger partial charge in [-0.2, -0.15) is 0 Å². The summed E-state index contributed by atoms with van der Waals surface area (Å²) >= 11 is 1.43. The molecule has 29 heavy (non-hydrogen) atoms. The minimum Gasteiger partial charge on any atom is -0.493 e. The van der Waals surface area contributed by atoms with Gasteiger partial charge in [0.15, 0.2) is 0 Å². The number of rotatable bonds is 7. The van der Waals surface area contributed by atoms with Crippen LogP contribution in [0.15, 0.2) is 53.4 Å². The lowest BCUT2D eigenvalue weighted by molar-refractivity contribution is -0.119. The van der Waals surface area contributed by atoms with E-state index in [2.05, 4.69) is 13.8 Å². The highest BCUT2D eigenvalue weighted by Crippen LogP contribution is 2.40. The number of imide groups is 1. The van der Waals surface area contributed by atoms with Crippen LogP contribution in [-0.4, -0.2) is 23.7 Å². The summed E-state index contributed by atoms with van der Waals surface area (Å²) < 4.78 is 5.74. The number of carbonyl (C=O) groups is 2. The van der Waals surface area contributed by atoms with E-state index in [1.807, 2.05) is 63.2 Å². The third-order valence-corrected chi connectivity index (χ3v) is 5.47. The molecule has 2 aromatic rings. The van der Waals surface area contributed by atoms with Crippen LogP contribution >= 0.6 is 11.8 Å². The van der Waals surface area contributed by atoms with Gasteiger partial charge in [-0.3, -0.25) is 9.59 Å². The number of carbonyl (C=O) groups excluding carboxylic acids is 2. The summed E-state index contributed by atoms with van der Waals surface area (Å²) in [6.07, 6.45) is 0. The van der Waals surface area contributed by atoms with E-state index in [1.54, 1.807) is 6.07 Å². The molecule has 152 valence electrons. The first-order chi connectivity index (χ1) is 13.8. The Morgan fingerprint density at radius 3 is 2.24 bits per heavy atom. The van der Waals surface area contributed by atoms with Crippen LogP contribution in [-0.2, 0) is 9.59 Å². The van der Waals surface area contributed by atoms with Gasteiger partial charge in [-0.05, 0) is 48.2 Å². The number of thioether (sulfide) groups is 1. The van der Waals surface area contributed by atoms with E-state index in [0.717, 1.165) is 16.9 Å². The molecule has 0 saturated heterocycles. The van der Waals surface area contributed by atoms with Crippen LogP contribution in [0, 0.1) is 12.8 Å². The van der Waals surface area contributed by atoms with Gasteiger partial charge in [-0.15, -0.1) is 11.8 Å². The molecule has 4 nitrogen and oxygen atoms in total. The standard InChI is InChI=1S/C24H27NO3S/c1-15(2)14-28-20-11-9-18(10-12-20)21-22(29-16(3)4)24(27)25(23(21)26)19-8-6-7-17(5)13-19/h6-13,15-16H,14H2,1-5H3. The molecule has 1 heterocycles. The van der Waals surface area contributed by atoms with Gasteiger partial charge in [0.25, 0.3) is 11.8 Å². The number of amides is 2. The molecule has 0 N–H and O–H groups in total. The lowest BCUT2D eigenvalue weighted by Crippen LogP contribution is -2.31. The molecule has 2 aromatic carbocycles. The molecular formula is C24H27NO3S. The van der Waals surface area contributed by atoms with E-state index in [-0.39, 0.29) is 17.1 Å². The van der Waals surface area contributed by atoms with E-state index < -0.39 is 0 Å². The van der Waals surface area contributed by atoms with Crippen molar-refractivity contribution in [2.75, 3.05) is 11.5 Å². The second-order valence-electron chi connectivity index (χ2n) is 7.88. The third kappa shape index (κ3) is 4.73. The summed E-state index contributed by atoms with van der Waals surface area (Å²) in [6, 6.07) is 14.9. The molecule has 0 fully saturated rings. The summed E-state index contributed by atoms with van der Waals surface area (Å²) in [6.45, 7) is 10.8. The van der Waals surface area contributed by atoms with Crippen molar-refractivity contribution in [3.05, 3.63) is 64.6 Å². The van der Waals surface area contributed by atoms with Crippen LogP contribution in [0.1, 0.15) is 38.8 Å². The number of anilines is 1. The van der Waals surface area contributed by atoms with E-state index in [4.69, 9.17) is 4.74 Å². The lowest BCUT2D eigenvalue weighted by Gasteiger charge is -2.16. The Morgan fingerprint density at radius 2 is 1.66 bits per heavy atom. The SMILES string of the molecule is Cc1cccc(N2C(=O)C(SC(C)C)=C(c3ccc(OCC(C)C)cc3)C2=O)c1. The zero-order chi connectivity index (χ0) is 21.1. The number of benzene rings is 2. The average molecular weight is 410 g/mol. The van der Waals surface area contributed by atoms with Crippen molar-refractivity contribution in [2.45, 2.75) is 39.9 Å². The second kappa shape index (κ2) is 8.87. The Bertz CT molecular complexity index is 945. The maximum Gasteiger partial charge on any atom is 0.272 e. The van der Waals surface area contributed by atoms with Crippen LogP contribution < -0.4 is 9.64 Å². The quantitative estimate of drug-likeness (QED) is 0.570. The molecule has 0 radical (unpaired) electrons. The maximum absolute atomic E-state index is 13.3. The predicted octanol–water partition coefficient (Wildman–Crippen LogP) is 5.46. The summed E-state index contributed by atoms with van der Waals surface area (Å²) in [5.74, 6) is 0.658. The van der Waals surface area contributed by atoms with Crippen LogP contribution in [0.3, 0.4) is 0 Å². The van der Waals surface area contributed by atoms with E-state index in [9.17, 15) is 9.59 Å². The number of aryl methyl sites for hydroxylation is 1. The Balaban J connectivity index is 1.98.